The fourth-order valence-electron chi connectivity index (χ4n) is 3.79. The van der Waals surface area contributed by atoms with Gasteiger partial charge in [-0.1, -0.05) is 19.0 Å². The minimum atomic E-state index is 0.505. The Morgan fingerprint density at radius 3 is 2.67 bits per heavy atom. The molecule has 0 aromatic carbocycles. The Labute approximate surface area is 127 Å². The average molecular weight is 292 g/mol. The quantitative estimate of drug-likeness (QED) is 0.816. The van der Waals surface area contributed by atoms with Crippen LogP contribution in [0.15, 0.2) is 4.52 Å². The summed E-state index contributed by atoms with van der Waals surface area (Å²) in [7, 11) is 2.27. The molecule has 0 amide bonds. The molecule has 0 spiro atoms. The minimum Gasteiger partial charge on any atom is -0.339 e. The Morgan fingerprint density at radius 1 is 1.29 bits per heavy atom. The number of fused-ring (bicyclic) bond motifs is 2. The first kappa shape index (κ1) is 15.0. The van der Waals surface area contributed by atoms with E-state index in [-0.39, 0.29) is 0 Å². The monoisotopic (exact) mass is 292 g/mol. The van der Waals surface area contributed by atoms with Crippen molar-refractivity contribution in [1.29, 1.82) is 0 Å². The SMILES string of the molecule is CC(C)NCCCc1nc(C2CC3CCC(C2)N3C)no1. The summed E-state index contributed by atoms with van der Waals surface area (Å²) in [5.74, 6) is 2.26. The van der Waals surface area contributed by atoms with E-state index in [1.807, 2.05) is 0 Å². The summed E-state index contributed by atoms with van der Waals surface area (Å²) >= 11 is 0. The van der Waals surface area contributed by atoms with E-state index < -0.39 is 0 Å². The molecule has 3 heterocycles. The van der Waals surface area contributed by atoms with Gasteiger partial charge in [-0.15, -0.1) is 0 Å². The molecule has 2 bridgehead atoms. The number of piperidine rings is 1. The van der Waals surface area contributed by atoms with Gasteiger partial charge in [0.1, 0.15) is 0 Å². The Balaban J connectivity index is 1.51. The molecule has 21 heavy (non-hydrogen) atoms. The summed E-state index contributed by atoms with van der Waals surface area (Å²) < 4.78 is 5.44. The maximum absolute atomic E-state index is 5.44. The number of aromatic nitrogens is 2. The lowest BCUT2D eigenvalue weighted by molar-refractivity contribution is 0.157. The van der Waals surface area contributed by atoms with Crippen molar-refractivity contribution in [3.63, 3.8) is 0 Å². The van der Waals surface area contributed by atoms with E-state index in [9.17, 15) is 0 Å². The zero-order valence-corrected chi connectivity index (χ0v) is 13.5. The molecule has 0 saturated carbocycles. The van der Waals surface area contributed by atoms with E-state index in [0.717, 1.165) is 43.2 Å². The zero-order valence-electron chi connectivity index (χ0n) is 13.5. The second-order valence-electron chi connectivity index (χ2n) is 6.98. The second-order valence-corrected chi connectivity index (χ2v) is 6.98. The van der Waals surface area contributed by atoms with Gasteiger partial charge in [-0.05, 0) is 45.7 Å². The molecule has 0 radical (unpaired) electrons. The molecule has 1 aromatic heterocycles. The third-order valence-corrected chi connectivity index (χ3v) is 5.07. The second kappa shape index (κ2) is 6.44. The number of hydrogen-bond acceptors (Lipinski definition) is 5. The molecule has 2 aliphatic heterocycles. The number of nitrogens with one attached hydrogen (secondary N) is 1. The highest BCUT2D eigenvalue weighted by molar-refractivity contribution is 5.05. The van der Waals surface area contributed by atoms with Gasteiger partial charge in [0.25, 0.3) is 0 Å². The van der Waals surface area contributed by atoms with Crippen molar-refractivity contribution in [2.75, 3.05) is 13.6 Å². The van der Waals surface area contributed by atoms with Crippen LogP contribution in [0.1, 0.15) is 63.6 Å². The van der Waals surface area contributed by atoms with Gasteiger partial charge in [-0.25, -0.2) is 0 Å². The van der Waals surface area contributed by atoms with Crippen LogP contribution >= 0.6 is 0 Å². The number of rotatable bonds is 6. The van der Waals surface area contributed by atoms with Gasteiger partial charge < -0.3 is 14.7 Å². The molecule has 1 N–H and O–H groups in total. The molecule has 118 valence electrons. The highest BCUT2D eigenvalue weighted by Gasteiger charge is 2.40. The molecule has 2 saturated heterocycles. The molecule has 2 aliphatic rings. The molecular weight excluding hydrogens is 264 g/mol. The van der Waals surface area contributed by atoms with Crippen molar-refractivity contribution in [2.45, 2.75) is 76.4 Å². The Kier molecular flexibility index (Phi) is 4.60. The van der Waals surface area contributed by atoms with Crippen LogP contribution in [0.4, 0.5) is 0 Å². The highest BCUT2D eigenvalue weighted by Crippen LogP contribution is 2.41. The Morgan fingerprint density at radius 2 is 2.00 bits per heavy atom. The molecule has 2 atom stereocenters. The molecule has 5 heteroatoms. The predicted molar refractivity (Wildman–Crippen MR) is 82.3 cm³/mol. The number of hydrogen-bond donors (Lipinski definition) is 1. The highest BCUT2D eigenvalue weighted by atomic mass is 16.5. The van der Waals surface area contributed by atoms with E-state index >= 15 is 0 Å². The molecule has 0 aliphatic carbocycles. The van der Waals surface area contributed by atoms with E-state index in [1.54, 1.807) is 0 Å². The van der Waals surface area contributed by atoms with Gasteiger partial charge in [0, 0.05) is 30.5 Å². The standard InChI is InChI=1S/C16H28N4O/c1-11(2)17-8-4-5-15-18-16(19-21-15)12-9-13-6-7-14(10-12)20(13)3/h11-14,17H,4-10H2,1-3H3. The van der Waals surface area contributed by atoms with Crippen molar-refractivity contribution < 1.29 is 4.52 Å². The summed E-state index contributed by atoms with van der Waals surface area (Å²) in [5, 5.41) is 7.67. The molecule has 2 unspecified atom stereocenters. The van der Waals surface area contributed by atoms with Crippen LogP contribution in [0, 0.1) is 0 Å². The van der Waals surface area contributed by atoms with Crippen molar-refractivity contribution in [3.05, 3.63) is 11.7 Å². The molecule has 2 fully saturated rings. The Bertz CT molecular complexity index is 445. The van der Waals surface area contributed by atoms with Gasteiger partial charge in [0.05, 0.1) is 0 Å². The molecular formula is C16H28N4O. The first-order valence-corrected chi connectivity index (χ1v) is 8.41. The van der Waals surface area contributed by atoms with Gasteiger partial charge in [-0.3, -0.25) is 0 Å². The van der Waals surface area contributed by atoms with Gasteiger partial charge in [0.2, 0.25) is 5.89 Å². The van der Waals surface area contributed by atoms with Gasteiger partial charge >= 0.3 is 0 Å². The lowest BCUT2D eigenvalue weighted by atomic mass is 9.90. The van der Waals surface area contributed by atoms with Crippen molar-refractivity contribution >= 4 is 0 Å². The zero-order chi connectivity index (χ0) is 14.8. The minimum absolute atomic E-state index is 0.505. The fourth-order valence-corrected chi connectivity index (χ4v) is 3.79. The van der Waals surface area contributed by atoms with Crippen LogP contribution in [-0.4, -0.2) is 46.8 Å². The number of aryl methyl sites for hydroxylation is 1. The van der Waals surface area contributed by atoms with Crippen molar-refractivity contribution in [2.24, 2.45) is 0 Å². The lowest BCUT2D eigenvalue weighted by Crippen LogP contribution is -2.39. The van der Waals surface area contributed by atoms with Crippen LogP contribution in [0.5, 0.6) is 0 Å². The van der Waals surface area contributed by atoms with Crippen molar-refractivity contribution in [1.82, 2.24) is 20.4 Å². The van der Waals surface area contributed by atoms with E-state index in [0.29, 0.717) is 12.0 Å². The maximum atomic E-state index is 5.44. The predicted octanol–water partition coefficient (Wildman–Crippen LogP) is 2.34. The first-order valence-electron chi connectivity index (χ1n) is 8.41. The van der Waals surface area contributed by atoms with Gasteiger partial charge in [0.15, 0.2) is 5.82 Å². The molecule has 1 aromatic rings. The van der Waals surface area contributed by atoms with Crippen LogP contribution < -0.4 is 5.32 Å². The largest absolute Gasteiger partial charge is 0.339 e. The van der Waals surface area contributed by atoms with E-state index in [1.165, 1.54) is 25.7 Å². The van der Waals surface area contributed by atoms with E-state index in [2.05, 4.69) is 41.3 Å². The lowest BCUT2D eigenvalue weighted by Gasteiger charge is -2.34. The van der Waals surface area contributed by atoms with Crippen LogP contribution in [0.3, 0.4) is 0 Å². The summed E-state index contributed by atoms with van der Waals surface area (Å²) in [6, 6.07) is 2.00. The van der Waals surface area contributed by atoms with Crippen LogP contribution in [-0.2, 0) is 6.42 Å². The fraction of sp³-hybridized carbons (Fsp3) is 0.875. The average Bonchev–Trinajstić information content (AvgIpc) is 2.97. The van der Waals surface area contributed by atoms with Crippen LogP contribution in [0.25, 0.3) is 0 Å². The smallest absolute Gasteiger partial charge is 0.226 e. The van der Waals surface area contributed by atoms with Gasteiger partial charge in [-0.2, -0.15) is 4.98 Å². The topological polar surface area (TPSA) is 54.2 Å². The summed E-state index contributed by atoms with van der Waals surface area (Å²) in [4.78, 5) is 7.20. The summed E-state index contributed by atoms with van der Waals surface area (Å²) in [6.45, 7) is 5.34. The summed E-state index contributed by atoms with van der Waals surface area (Å²) in [5.41, 5.74) is 0. The van der Waals surface area contributed by atoms with Crippen LogP contribution in [0.2, 0.25) is 0 Å². The first-order chi connectivity index (χ1) is 10.1. The van der Waals surface area contributed by atoms with E-state index in [4.69, 9.17) is 4.52 Å². The normalized spacial score (nSPS) is 29.4. The third-order valence-electron chi connectivity index (χ3n) is 5.07. The molecule has 5 nitrogen and oxygen atoms in total. The molecule has 3 rings (SSSR count). The Hall–Kier alpha value is -0.940. The number of nitrogens with zero attached hydrogens (tertiary/aromatic N) is 3. The maximum Gasteiger partial charge on any atom is 0.226 e. The van der Waals surface area contributed by atoms with Crippen molar-refractivity contribution in [3.8, 4) is 0 Å². The third kappa shape index (κ3) is 3.46. The summed E-state index contributed by atoms with van der Waals surface area (Å²) in [6.07, 6.45) is 7.00.